The van der Waals surface area contributed by atoms with Gasteiger partial charge < -0.3 is 10.6 Å². The Morgan fingerprint density at radius 2 is 2.07 bits per heavy atom. The predicted molar refractivity (Wildman–Crippen MR) is 113 cm³/mol. The highest BCUT2D eigenvalue weighted by molar-refractivity contribution is 7.08. The van der Waals surface area contributed by atoms with E-state index in [9.17, 15) is 9.59 Å². The lowest BCUT2D eigenvalue weighted by Crippen LogP contribution is -2.34. The SMILES string of the molecule is O=C(CCNC(=O)c1ccsc1)NC1CCCc2c1cnn2Cc1ccccc1. The Labute approximate surface area is 173 Å². The molecule has 2 N–H and O–H groups in total. The lowest BCUT2D eigenvalue weighted by atomic mass is 9.92. The summed E-state index contributed by atoms with van der Waals surface area (Å²) in [6, 6.07) is 12.0. The lowest BCUT2D eigenvalue weighted by molar-refractivity contribution is -0.121. The number of hydrogen-bond donors (Lipinski definition) is 2. The maximum atomic E-state index is 12.4. The molecule has 1 atom stereocenters. The largest absolute Gasteiger partial charge is 0.351 e. The second-order valence-corrected chi connectivity index (χ2v) is 8.00. The van der Waals surface area contributed by atoms with E-state index in [2.05, 4.69) is 27.9 Å². The number of nitrogens with one attached hydrogen (secondary N) is 2. The van der Waals surface area contributed by atoms with Crippen molar-refractivity contribution in [1.29, 1.82) is 0 Å². The van der Waals surface area contributed by atoms with Crippen LogP contribution in [-0.4, -0.2) is 28.1 Å². The zero-order chi connectivity index (χ0) is 20.1. The van der Waals surface area contributed by atoms with E-state index in [1.165, 1.54) is 22.6 Å². The van der Waals surface area contributed by atoms with Crippen LogP contribution in [0.2, 0.25) is 0 Å². The van der Waals surface area contributed by atoms with Crippen LogP contribution in [0.15, 0.2) is 53.4 Å². The molecule has 0 saturated carbocycles. The Balaban J connectivity index is 1.32. The molecule has 2 aromatic heterocycles. The smallest absolute Gasteiger partial charge is 0.252 e. The number of fused-ring (bicyclic) bond motifs is 1. The highest BCUT2D eigenvalue weighted by Gasteiger charge is 2.25. The zero-order valence-corrected chi connectivity index (χ0v) is 17.0. The minimum absolute atomic E-state index is 0.0108. The Hall–Kier alpha value is -2.93. The van der Waals surface area contributed by atoms with E-state index < -0.39 is 0 Å². The number of amides is 2. The van der Waals surface area contributed by atoms with Crippen LogP contribution in [0.1, 0.15) is 52.5 Å². The van der Waals surface area contributed by atoms with Gasteiger partial charge in [-0.3, -0.25) is 14.3 Å². The first kappa shape index (κ1) is 19.4. The minimum atomic E-state index is -0.138. The molecule has 0 aliphatic heterocycles. The first-order valence-electron chi connectivity index (χ1n) is 9.89. The molecule has 7 heteroatoms. The van der Waals surface area contributed by atoms with Gasteiger partial charge in [0.25, 0.3) is 5.91 Å². The molecule has 2 heterocycles. The van der Waals surface area contributed by atoms with Crippen LogP contribution in [0.5, 0.6) is 0 Å². The monoisotopic (exact) mass is 408 g/mol. The molecule has 1 aliphatic carbocycles. The van der Waals surface area contributed by atoms with Gasteiger partial charge in [-0.25, -0.2) is 0 Å². The van der Waals surface area contributed by atoms with E-state index in [0.717, 1.165) is 31.4 Å². The topological polar surface area (TPSA) is 76.0 Å². The van der Waals surface area contributed by atoms with Crippen LogP contribution < -0.4 is 10.6 Å². The number of carbonyl (C=O) groups is 2. The second-order valence-electron chi connectivity index (χ2n) is 7.22. The summed E-state index contributed by atoms with van der Waals surface area (Å²) in [5.41, 5.74) is 4.17. The summed E-state index contributed by atoms with van der Waals surface area (Å²) in [5, 5.41) is 14.1. The van der Waals surface area contributed by atoms with E-state index >= 15 is 0 Å². The van der Waals surface area contributed by atoms with E-state index in [1.54, 1.807) is 11.4 Å². The fourth-order valence-corrected chi connectivity index (χ4v) is 4.35. The van der Waals surface area contributed by atoms with Crippen LogP contribution in [0.25, 0.3) is 0 Å². The van der Waals surface area contributed by atoms with Gasteiger partial charge in [-0.2, -0.15) is 16.4 Å². The van der Waals surface area contributed by atoms with Crippen LogP contribution in [0.4, 0.5) is 0 Å². The van der Waals surface area contributed by atoms with Crippen molar-refractivity contribution in [3.05, 3.63) is 75.7 Å². The highest BCUT2D eigenvalue weighted by Crippen LogP contribution is 2.30. The van der Waals surface area contributed by atoms with E-state index in [-0.39, 0.29) is 24.3 Å². The van der Waals surface area contributed by atoms with Crippen LogP contribution in [0, 0.1) is 0 Å². The molecule has 4 rings (SSSR count). The summed E-state index contributed by atoms with van der Waals surface area (Å²) < 4.78 is 2.05. The van der Waals surface area contributed by atoms with Gasteiger partial charge in [0, 0.05) is 35.2 Å². The highest BCUT2D eigenvalue weighted by atomic mass is 32.1. The first-order valence-corrected chi connectivity index (χ1v) is 10.8. The van der Waals surface area contributed by atoms with Crippen molar-refractivity contribution in [3.63, 3.8) is 0 Å². The van der Waals surface area contributed by atoms with Gasteiger partial charge in [0.2, 0.25) is 5.91 Å². The quantitative estimate of drug-likeness (QED) is 0.630. The third kappa shape index (κ3) is 4.74. The number of rotatable bonds is 7. The van der Waals surface area contributed by atoms with Crippen molar-refractivity contribution >= 4 is 23.2 Å². The number of hydrogen-bond acceptors (Lipinski definition) is 4. The summed E-state index contributed by atoms with van der Waals surface area (Å²) >= 11 is 1.48. The summed E-state index contributed by atoms with van der Waals surface area (Å²) in [5.74, 6) is -0.189. The summed E-state index contributed by atoms with van der Waals surface area (Å²) in [7, 11) is 0. The van der Waals surface area contributed by atoms with Crippen molar-refractivity contribution in [2.24, 2.45) is 0 Å². The van der Waals surface area contributed by atoms with Crippen molar-refractivity contribution < 1.29 is 9.59 Å². The third-order valence-electron chi connectivity index (χ3n) is 5.19. The van der Waals surface area contributed by atoms with Crippen molar-refractivity contribution in [2.75, 3.05) is 6.54 Å². The number of aromatic nitrogens is 2. The number of nitrogens with zero attached hydrogens (tertiary/aromatic N) is 2. The van der Waals surface area contributed by atoms with Crippen molar-refractivity contribution in [2.45, 2.75) is 38.3 Å². The van der Waals surface area contributed by atoms with Gasteiger partial charge in [-0.15, -0.1) is 0 Å². The molecular formula is C22H24N4O2S. The van der Waals surface area contributed by atoms with Crippen molar-refractivity contribution in [1.82, 2.24) is 20.4 Å². The van der Waals surface area contributed by atoms with Gasteiger partial charge in [0.05, 0.1) is 18.8 Å². The van der Waals surface area contributed by atoms with Gasteiger partial charge in [-0.1, -0.05) is 30.3 Å². The zero-order valence-electron chi connectivity index (χ0n) is 16.1. The minimum Gasteiger partial charge on any atom is -0.351 e. The molecule has 1 aliphatic rings. The molecule has 1 unspecified atom stereocenters. The molecule has 150 valence electrons. The standard InChI is InChI=1S/C22H24N4O2S/c27-21(9-11-23-22(28)17-10-12-29-15-17)25-19-7-4-8-20-18(19)13-24-26(20)14-16-5-2-1-3-6-16/h1-3,5-6,10,12-13,15,19H,4,7-9,11,14H2,(H,23,28)(H,25,27). The predicted octanol–water partition coefficient (Wildman–Crippen LogP) is 3.31. The van der Waals surface area contributed by atoms with E-state index in [1.807, 2.05) is 34.5 Å². The molecule has 1 aromatic carbocycles. The number of thiophene rings is 1. The first-order chi connectivity index (χ1) is 14.2. The molecule has 0 spiro atoms. The third-order valence-corrected chi connectivity index (χ3v) is 5.88. The molecular weight excluding hydrogens is 384 g/mol. The molecule has 6 nitrogen and oxygen atoms in total. The number of carbonyl (C=O) groups excluding carboxylic acids is 2. The lowest BCUT2D eigenvalue weighted by Gasteiger charge is -2.24. The average Bonchev–Trinajstić information content (AvgIpc) is 3.40. The van der Waals surface area contributed by atoms with Gasteiger partial charge in [0.1, 0.15) is 0 Å². The van der Waals surface area contributed by atoms with E-state index in [0.29, 0.717) is 12.1 Å². The Morgan fingerprint density at radius 1 is 1.21 bits per heavy atom. The Bertz CT molecular complexity index is 966. The maximum absolute atomic E-state index is 12.4. The van der Waals surface area contributed by atoms with Gasteiger partial charge in [-0.05, 0) is 36.3 Å². The molecule has 29 heavy (non-hydrogen) atoms. The second kappa shape index (κ2) is 9.05. The summed E-state index contributed by atoms with van der Waals surface area (Å²) in [4.78, 5) is 24.3. The van der Waals surface area contributed by atoms with Gasteiger partial charge in [0.15, 0.2) is 0 Å². The molecule has 0 radical (unpaired) electrons. The molecule has 3 aromatic rings. The van der Waals surface area contributed by atoms with Crippen molar-refractivity contribution in [3.8, 4) is 0 Å². The normalized spacial score (nSPS) is 15.5. The summed E-state index contributed by atoms with van der Waals surface area (Å²) in [6.07, 6.45) is 5.07. The number of benzene rings is 1. The van der Waals surface area contributed by atoms with E-state index in [4.69, 9.17) is 0 Å². The molecule has 0 bridgehead atoms. The molecule has 0 fully saturated rings. The van der Waals surface area contributed by atoms with Crippen LogP contribution in [-0.2, 0) is 17.8 Å². The summed E-state index contributed by atoms with van der Waals surface area (Å²) in [6.45, 7) is 1.07. The Morgan fingerprint density at radius 3 is 2.86 bits per heavy atom. The average molecular weight is 409 g/mol. The molecule has 0 saturated heterocycles. The fraction of sp³-hybridized carbons (Fsp3) is 0.318. The molecule has 2 amide bonds. The maximum Gasteiger partial charge on any atom is 0.252 e. The Kier molecular flexibility index (Phi) is 6.05. The van der Waals surface area contributed by atoms with Crippen LogP contribution >= 0.6 is 11.3 Å². The fourth-order valence-electron chi connectivity index (χ4n) is 3.71. The van der Waals surface area contributed by atoms with Crippen LogP contribution in [0.3, 0.4) is 0 Å². The van der Waals surface area contributed by atoms with Gasteiger partial charge >= 0.3 is 0 Å².